The van der Waals surface area contributed by atoms with Gasteiger partial charge in [0.1, 0.15) is 0 Å². The van der Waals surface area contributed by atoms with Gasteiger partial charge < -0.3 is 10.1 Å². The number of hydrogen-bond acceptors (Lipinski definition) is 3. The summed E-state index contributed by atoms with van der Waals surface area (Å²) in [6, 6.07) is 4.73. The summed E-state index contributed by atoms with van der Waals surface area (Å²) < 4.78 is 5.45. The molecule has 1 fully saturated rings. The Morgan fingerprint density at radius 1 is 1.47 bits per heavy atom. The first-order valence-electron chi connectivity index (χ1n) is 6.21. The molecule has 0 spiro atoms. The van der Waals surface area contributed by atoms with Crippen LogP contribution in [0.25, 0.3) is 0 Å². The maximum absolute atomic E-state index is 5.45. The van der Waals surface area contributed by atoms with Crippen molar-refractivity contribution in [3.63, 3.8) is 0 Å². The second-order valence-corrected chi connectivity index (χ2v) is 5.52. The van der Waals surface area contributed by atoms with Gasteiger partial charge in [-0.1, -0.05) is 19.9 Å². The summed E-state index contributed by atoms with van der Waals surface area (Å²) in [5, 5.41) is 3.59. The van der Waals surface area contributed by atoms with Crippen LogP contribution in [0.15, 0.2) is 18.3 Å². The second-order valence-electron chi connectivity index (χ2n) is 5.52. The molecule has 17 heavy (non-hydrogen) atoms. The van der Waals surface area contributed by atoms with E-state index in [2.05, 4.69) is 36.3 Å². The van der Waals surface area contributed by atoms with E-state index in [1.807, 2.05) is 13.1 Å². The number of nitrogens with zero attached hydrogens (tertiary/aromatic N) is 1. The summed E-state index contributed by atoms with van der Waals surface area (Å²) in [7, 11) is 1.80. The Morgan fingerprint density at radius 3 is 2.76 bits per heavy atom. The first kappa shape index (κ1) is 12.5. The molecule has 2 rings (SSSR count). The van der Waals surface area contributed by atoms with E-state index >= 15 is 0 Å². The number of aromatic nitrogens is 1. The Bertz CT molecular complexity index is 372. The van der Waals surface area contributed by atoms with Crippen LogP contribution < -0.4 is 5.32 Å². The van der Waals surface area contributed by atoms with Crippen molar-refractivity contribution < 1.29 is 4.74 Å². The van der Waals surface area contributed by atoms with Gasteiger partial charge in [0.25, 0.3) is 0 Å². The predicted octanol–water partition coefficient (Wildman–Crippen LogP) is 2.29. The topological polar surface area (TPSA) is 34.1 Å². The van der Waals surface area contributed by atoms with Crippen molar-refractivity contribution in [2.24, 2.45) is 5.41 Å². The van der Waals surface area contributed by atoms with Crippen LogP contribution in [0, 0.1) is 12.3 Å². The number of aryl methyl sites for hydroxylation is 1. The summed E-state index contributed by atoms with van der Waals surface area (Å²) in [6.07, 6.45) is 3.43. The Hall–Kier alpha value is -0.930. The van der Waals surface area contributed by atoms with Crippen LogP contribution in [0.1, 0.15) is 31.5 Å². The van der Waals surface area contributed by atoms with E-state index in [0.29, 0.717) is 12.1 Å². The lowest BCUT2D eigenvalue weighted by atomic mass is 9.64. The summed E-state index contributed by atoms with van der Waals surface area (Å²) in [4.78, 5) is 4.30. The Balaban J connectivity index is 1.86. The standard InChI is InChI=1S/C14H22N2O/c1-10-5-6-11(8-15-10)9-16-12-7-13(17-4)14(12,2)3/h5-6,8,12-13,16H,7,9H2,1-4H3. The third-order valence-corrected chi connectivity index (χ3v) is 3.99. The number of nitrogens with one attached hydrogen (secondary N) is 1. The van der Waals surface area contributed by atoms with Crippen molar-refractivity contribution in [2.45, 2.75) is 45.9 Å². The zero-order valence-corrected chi connectivity index (χ0v) is 11.2. The molecule has 0 amide bonds. The summed E-state index contributed by atoms with van der Waals surface area (Å²) in [6.45, 7) is 7.42. The third kappa shape index (κ3) is 2.50. The van der Waals surface area contributed by atoms with Crippen LogP contribution in [-0.4, -0.2) is 24.2 Å². The van der Waals surface area contributed by atoms with Crippen molar-refractivity contribution in [1.29, 1.82) is 0 Å². The van der Waals surface area contributed by atoms with Crippen LogP contribution in [0.4, 0.5) is 0 Å². The number of methoxy groups -OCH3 is 1. The van der Waals surface area contributed by atoms with E-state index in [4.69, 9.17) is 4.74 Å². The molecule has 0 bridgehead atoms. The van der Waals surface area contributed by atoms with Gasteiger partial charge in [0.2, 0.25) is 0 Å². The first-order chi connectivity index (χ1) is 8.04. The van der Waals surface area contributed by atoms with Gasteiger partial charge >= 0.3 is 0 Å². The summed E-state index contributed by atoms with van der Waals surface area (Å²) in [5.74, 6) is 0. The van der Waals surface area contributed by atoms with Gasteiger partial charge in [0, 0.05) is 37.0 Å². The highest BCUT2D eigenvalue weighted by molar-refractivity contribution is 5.13. The van der Waals surface area contributed by atoms with E-state index in [-0.39, 0.29) is 5.41 Å². The molecule has 3 heteroatoms. The Kier molecular flexibility index (Phi) is 3.50. The van der Waals surface area contributed by atoms with Crippen LogP contribution in [0.3, 0.4) is 0 Å². The third-order valence-electron chi connectivity index (χ3n) is 3.99. The molecule has 1 aromatic heterocycles. The molecular weight excluding hydrogens is 212 g/mol. The predicted molar refractivity (Wildman–Crippen MR) is 68.8 cm³/mol. The van der Waals surface area contributed by atoms with Crippen molar-refractivity contribution in [3.05, 3.63) is 29.6 Å². The number of hydrogen-bond donors (Lipinski definition) is 1. The van der Waals surface area contributed by atoms with Crippen molar-refractivity contribution in [1.82, 2.24) is 10.3 Å². The molecule has 0 saturated heterocycles. The smallest absolute Gasteiger partial charge is 0.0652 e. The highest BCUT2D eigenvalue weighted by atomic mass is 16.5. The minimum Gasteiger partial charge on any atom is -0.381 e. The molecule has 1 heterocycles. The van der Waals surface area contributed by atoms with Crippen LogP contribution in [0.5, 0.6) is 0 Å². The SMILES string of the molecule is COC1CC(NCc2ccc(C)nc2)C1(C)C. The van der Waals surface area contributed by atoms with E-state index in [9.17, 15) is 0 Å². The minimum absolute atomic E-state index is 0.229. The fourth-order valence-corrected chi connectivity index (χ4v) is 2.48. The van der Waals surface area contributed by atoms with Gasteiger partial charge in [0.15, 0.2) is 0 Å². The lowest BCUT2D eigenvalue weighted by molar-refractivity contribution is -0.0979. The molecule has 1 N–H and O–H groups in total. The van der Waals surface area contributed by atoms with Crippen LogP contribution in [-0.2, 0) is 11.3 Å². The van der Waals surface area contributed by atoms with Gasteiger partial charge in [-0.05, 0) is 25.0 Å². The van der Waals surface area contributed by atoms with Crippen molar-refractivity contribution in [3.8, 4) is 0 Å². The van der Waals surface area contributed by atoms with Gasteiger partial charge in [-0.2, -0.15) is 0 Å². The van der Waals surface area contributed by atoms with Gasteiger partial charge in [-0.25, -0.2) is 0 Å². The molecule has 2 unspecified atom stereocenters. The van der Waals surface area contributed by atoms with Gasteiger partial charge in [-0.15, -0.1) is 0 Å². The Labute approximate surface area is 104 Å². The largest absolute Gasteiger partial charge is 0.381 e. The molecule has 0 radical (unpaired) electrons. The Morgan fingerprint density at radius 2 is 2.24 bits per heavy atom. The molecule has 94 valence electrons. The number of rotatable bonds is 4. The quantitative estimate of drug-likeness (QED) is 0.868. The van der Waals surface area contributed by atoms with Crippen molar-refractivity contribution in [2.75, 3.05) is 7.11 Å². The summed E-state index contributed by atoms with van der Waals surface area (Å²) >= 11 is 0. The fourth-order valence-electron chi connectivity index (χ4n) is 2.48. The molecule has 0 aromatic carbocycles. The molecular formula is C14H22N2O. The first-order valence-corrected chi connectivity index (χ1v) is 6.21. The zero-order chi connectivity index (χ0) is 12.5. The average Bonchev–Trinajstić information content (AvgIpc) is 2.30. The molecule has 1 aliphatic rings. The van der Waals surface area contributed by atoms with Crippen LogP contribution in [0.2, 0.25) is 0 Å². The highest BCUT2D eigenvalue weighted by Crippen LogP contribution is 2.42. The molecule has 1 aromatic rings. The van der Waals surface area contributed by atoms with Crippen LogP contribution >= 0.6 is 0 Å². The summed E-state index contributed by atoms with van der Waals surface area (Å²) in [5.41, 5.74) is 2.54. The normalized spacial score (nSPS) is 26.6. The maximum atomic E-state index is 5.45. The maximum Gasteiger partial charge on any atom is 0.0652 e. The van der Waals surface area contributed by atoms with E-state index < -0.39 is 0 Å². The molecule has 0 aliphatic heterocycles. The monoisotopic (exact) mass is 234 g/mol. The molecule has 1 saturated carbocycles. The highest BCUT2D eigenvalue weighted by Gasteiger charge is 2.48. The van der Waals surface area contributed by atoms with Gasteiger partial charge in [0.05, 0.1) is 6.10 Å². The average molecular weight is 234 g/mol. The molecule has 3 nitrogen and oxygen atoms in total. The van der Waals surface area contributed by atoms with E-state index in [1.165, 1.54) is 5.56 Å². The van der Waals surface area contributed by atoms with Gasteiger partial charge in [-0.3, -0.25) is 4.98 Å². The second kappa shape index (κ2) is 4.75. The number of ether oxygens (including phenoxy) is 1. The minimum atomic E-state index is 0.229. The lowest BCUT2D eigenvalue weighted by Gasteiger charge is -2.51. The molecule has 1 aliphatic carbocycles. The molecule has 2 atom stereocenters. The van der Waals surface area contributed by atoms with Crippen molar-refractivity contribution >= 4 is 0 Å². The fraction of sp³-hybridized carbons (Fsp3) is 0.643. The number of pyridine rings is 1. The van der Waals surface area contributed by atoms with E-state index in [0.717, 1.165) is 18.7 Å². The lowest BCUT2D eigenvalue weighted by Crippen LogP contribution is -2.60. The zero-order valence-electron chi connectivity index (χ0n) is 11.2. The van der Waals surface area contributed by atoms with E-state index in [1.54, 1.807) is 7.11 Å².